The van der Waals surface area contributed by atoms with Crippen LogP contribution in [-0.2, 0) is 13.1 Å². The minimum atomic E-state index is 0.587. The number of rotatable bonds is 3. The van der Waals surface area contributed by atoms with E-state index in [0.29, 0.717) is 13.1 Å². The molecule has 0 radical (unpaired) electrons. The maximum atomic E-state index is 5.40. The molecule has 0 fully saturated rings. The first-order valence-electron chi connectivity index (χ1n) is 5.87. The molecule has 96 valence electrons. The van der Waals surface area contributed by atoms with Crippen LogP contribution >= 0.6 is 0 Å². The molecular formula is C15H20N2O. The van der Waals surface area contributed by atoms with Gasteiger partial charge in [0.05, 0.1) is 7.11 Å². The number of hydrogen-bond donors (Lipinski definition) is 2. The van der Waals surface area contributed by atoms with Crippen LogP contribution in [0.25, 0.3) is 0 Å². The zero-order valence-corrected chi connectivity index (χ0v) is 10.7. The number of methoxy groups -OCH3 is 1. The zero-order chi connectivity index (χ0) is 13.2. The molecule has 2 rings (SSSR count). The molecule has 0 amide bonds. The van der Waals surface area contributed by atoms with E-state index in [1.165, 1.54) is 5.56 Å². The third-order valence-electron chi connectivity index (χ3n) is 2.47. The van der Waals surface area contributed by atoms with E-state index in [1.807, 2.05) is 54.6 Å². The summed E-state index contributed by atoms with van der Waals surface area (Å²) in [6.45, 7) is 1.23. The van der Waals surface area contributed by atoms with Crippen molar-refractivity contribution in [1.82, 2.24) is 0 Å². The van der Waals surface area contributed by atoms with E-state index in [2.05, 4.69) is 0 Å². The third kappa shape index (κ3) is 4.99. The van der Waals surface area contributed by atoms with Gasteiger partial charge in [-0.1, -0.05) is 42.5 Å². The van der Waals surface area contributed by atoms with Gasteiger partial charge in [0.25, 0.3) is 0 Å². The molecule has 0 unspecified atom stereocenters. The molecule has 0 heterocycles. The van der Waals surface area contributed by atoms with Crippen LogP contribution in [0.5, 0.6) is 5.75 Å². The average Bonchev–Trinajstić information content (AvgIpc) is 2.49. The second kappa shape index (κ2) is 8.28. The zero-order valence-electron chi connectivity index (χ0n) is 10.7. The Balaban J connectivity index is 0.000000184. The summed E-state index contributed by atoms with van der Waals surface area (Å²) in [6, 6.07) is 17.7. The number of hydrogen-bond acceptors (Lipinski definition) is 3. The topological polar surface area (TPSA) is 61.3 Å². The lowest BCUT2D eigenvalue weighted by Gasteiger charge is -1.99. The molecule has 0 spiro atoms. The highest BCUT2D eigenvalue weighted by Crippen LogP contribution is 2.10. The van der Waals surface area contributed by atoms with Crippen molar-refractivity contribution in [3.05, 3.63) is 65.7 Å². The smallest absolute Gasteiger partial charge is 0.118 e. The highest BCUT2D eigenvalue weighted by molar-refractivity contribution is 5.26. The number of benzene rings is 2. The van der Waals surface area contributed by atoms with Gasteiger partial charge in [-0.2, -0.15) is 0 Å². The highest BCUT2D eigenvalue weighted by Gasteiger charge is 1.89. The summed E-state index contributed by atoms with van der Waals surface area (Å²) in [4.78, 5) is 0. The first-order valence-corrected chi connectivity index (χ1v) is 5.87. The molecule has 0 bridgehead atoms. The molecule has 18 heavy (non-hydrogen) atoms. The molecule has 3 heteroatoms. The summed E-state index contributed by atoms with van der Waals surface area (Å²) in [5.74, 6) is 0.872. The molecule has 0 aliphatic carbocycles. The molecule has 4 N–H and O–H groups in total. The normalized spacial score (nSPS) is 9.28. The summed E-state index contributed by atoms with van der Waals surface area (Å²) in [6.07, 6.45) is 0. The summed E-state index contributed by atoms with van der Waals surface area (Å²) in [5.41, 5.74) is 13.1. The third-order valence-corrected chi connectivity index (χ3v) is 2.47. The molecule has 0 aliphatic heterocycles. The van der Waals surface area contributed by atoms with Crippen LogP contribution in [0, 0.1) is 0 Å². The van der Waals surface area contributed by atoms with Crippen molar-refractivity contribution < 1.29 is 4.74 Å². The molecule has 0 saturated carbocycles. The van der Waals surface area contributed by atoms with Crippen molar-refractivity contribution in [2.45, 2.75) is 13.1 Å². The van der Waals surface area contributed by atoms with Crippen LogP contribution < -0.4 is 16.2 Å². The van der Waals surface area contributed by atoms with Crippen LogP contribution in [0.3, 0.4) is 0 Å². The van der Waals surface area contributed by atoms with Gasteiger partial charge in [-0.25, -0.2) is 0 Å². The SMILES string of the molecule is COc1ccc(CN)cc1.NCc1ccccc1. The molecule has 0 atom stereocenters. The quantitative estimate of drug-likeness (QED) is 0.871. The van der Waals surface area contributed by atoms with E-state index < -0.39 is 0 Å². The second-order valence-corrected chi connectivity index (χ2v) is 3.74. The average molecular weight is 244 g/mol. The van der Waals surface area contributed by atoms with Crippen LogP contribution in [0.15, 0.2) is 54.6 Å². The lowest BCUT2D eigenvalue weighted by Crippen LogP contribution is -1.95. The van der Waals surface area contributed by atoms with Crippen molar-refractivity contribution in [3.63, 3.8) is 0 Å². The lowest BCUT2D eigenvalue weighted by molar-refractivity contribution is 0.414. The van der Waals surface area contributed by atoms with E-state index in [9.17, 15) is 0 Å². The van der Waals surface area contributed by atoms with Gasteiger partial charge in [0, 0.05) is 13.1 Å². The Hall–Kier alpha value is -1.84. The summed E-state index contributed by atoms with van der Waals surface area (Å²) >= 11 is 0. The van der Waals surface area contributed by atoms with Gasteiger partial charge >= 0.3 is 0 Å². The van der Waals surface area contributed by atoms with Crippen molar-refractivity contribution in [2.24, 2.45) is 11.5 Å². The molecule has 0 aliphatic rings. The molecule has 0 aromatic heterocycles. The van der Waals surface area contributed by atoms with E-state index in [1.54, 1.807) is 7.11 Å². The molecule has 0 saturated heterocycles. The Labute approximate surface area is 108 Å². The van der Waals surface area contributed by atoms with Gasteiger partial charge in [0.1, 0.15) is 5.75 Å². The number of nitrogens with two attached hydrogens (primary N) is 2. The Morgan fingerprint density at radius 2 is 1.28 bits per heavy atom. The van der Waals surface area contributed by atoms with Crippen LogP contribution in [-0.4, -0.2) is 7.11 Å². The van der Waals surface area contributed by atoms with Crippen LogP contribution in [0.2, 0.25) is 0 Å². The largest absolute Gasteiger partial charge is 0.497 e. The van der Waals surface area contributed by atoms with Crippen LogP contribution in [0.1, 0.15) is 11.1 Å². The van der Waals surface area contributed by atoms with E-state index >= 15 is 0 Å². The van der Waals surface area contributed by atoms with E-state index in [4.69, 9.17) is 16.2 Å². The first-order chi connectivity index (χ1) is 8.80. The van der Waals surface area contributed by atoms with Gasteiger partial charge in [0.2, 0.25) is 0 Å². The summed E-state index contributed by atoms with van der Waals surface area (Å²) in [7, 11) is 1.65. The van der Waals surface area contributed by atoms with Gasteiger partial charge in [-0.15, -0.1) is 0 Å². The standard InChI is InChI=1S/C8H11NO.C7H9N/c1-10-8-4-2-7(6-9)3-5-8;8-6-7-4-2-1-3-5-7/h2-5H,6,9H2,1H3;1-5H,6,8H2. The monoisotopic (exact) mass is 244 g/mol. The van der Waals surface area contributed by atoms with Gasteiger partial charge in [0.15, 0.2) is 0 Å². The fourth-order valence-corrected chi connectivity index (χ4v) is 1.38. The van der Waals surface area contributed by atoms with E-state index in [0.717, 1.165) is 11.3 Å². The summed E-state index contributed by atoms with van der Waals surface area (Å²) in [5, 5.41) is 0. The molecule has 2 aromatic carbocycles. The number of ether oxygens (including phenoxy) is 1. The van der Waals surface area contributed by atoms with E-state index in [-0.39, 0.29) is 0 Å². The minimum absolute atomic E-state index is 0.587. The Kier molecular flexibility index (Phi) is 6.54. The minimum Gasteiger partial charge on any atom is -0.497 e. The van der Waals surface area contributed by atoms with Gasteiger partial charge in [-0.05, 0) is 23.3 Å². The Bertz CT molecular complexity index is 403. The van der Waals surface area contributed by atoms with Crippen LogP contribution in [0.4, 0.5) is 0 Å². The predicted molar refractivity (Wildman–Crippen MR) is 75.2 cm³/mol. The predicted octanol–water partition coefficient (Wildman–Crippen LogP) is 2.30. The van der Waals surface area contributed by atoms with Crippen molar-refractivity contribution in [3.8, 4) is 5.75 Å². The Morgan fingerprint density at radius 1 is 0.778 bits per heavy atom. The molecule has 3 nitrogen and oxygen atoms in total. The maximum absolute atomic E-state index is 5.40. The first kappa shape index (κ1) is 14.2. The maximum Gasteiger partial charge on any atom is 0.118 e. The van der Waals surface area contributed by atoms with Crippen molar-refractivity contribution in [2.75, 3.05) is 7.11 Å². The van der Waals surface area contributed by atoms with Gasteiger partial charge < -0.3 is 16.2 Å². The van der Waals surface area contributed by atoms with Crippen molar-refractivity contribution in [1.29, 1.82) is 0 Å². The molecule has 2 aromatic rings. The lowest BCUT2D eigenvalue weighted by atomic mass is 10.2. The summed E-state index contributed by atoms with van der Waals surface area (Å²) < 4.78 is 4.97. The second-order valence-electron chi connectivity index (χ2n) is 3.74. The highest BCUT2D eigenvalue weighted by atomic mass is 16.5. The fraction of sp³-hybridized carbons (Fsp3) is 0.200. The van der Waals surface area contributed by atoms with Gasteiger partial charge in [-0.3, -0.25) is 0 Å². The molecular weight excluding hydrogens is 224 g/mol. The van der Waals surface area contributed by atoms with Crippen molar-refractivity contribution >= 4 is 0 Å². The fourth-order valence-electron chi connectivity index (χ4n) is 1.38. The Morgan fingerprint density at radius 3 is 1.67 bits per heavy atom.